The van der Waals surface area contributed by atoms with E-state index in [-0.39, 0.29) is 0 Å². The van der Waals surface area contributed by atoms with Gasteiger partial charge in [-0.15, -0.1) is 0 Å². The fraction of sp³-hybridized carbons (Fsp3) is 0.562. The van der Waals surface area contributed by atoms with E-state index in [0.717, 1.165) is 24.3 Å². The topological polar surface area (TPSA) is 24.5 Å². The first-order valence-electron chi connectivity index (χ1n) is 7.37. The van der Waals surface area contributed by atoms with E-state index in [1.165, 1.54) is 0 Å². The minimum absolute atomic E-state index is 0.380. The van der Waals surface area contributed by atoms with Gasteiger partial charge in [-0.3, -0.25) is 0 Å². The summed E-state index contributed by atoms with van der Waals surface area (Å²) in [6.45, 7) is 8.72. The van der Waals surface area contributed by atoms with Crippen molar-refractivity contribution in [3.8, 4) is 5.75 Å². The summed E-state index contributed by atoms with van der Waals surface area (Å²) in [5, 5.41) is 4.64. The van der Waals surface area contributed by atoms with Crippen LogP contribution in [0.15, 0.2) is 18.2 Å². The Morgan fingerprint density at radius 3 is 2.33 bits per heavy atom. The minimum atomic E-state index is 0.380. The van der Waals surface area contributed by atoms with Crippen LogP contribution in [0, 0.1) is 0 Å². The summed E-state index contributed by atoms with van der Waals surface area (Å²) >= 11 is 11.7. The number of benzene rings is 1. The second kappa shape index (κ2) is 8.44. The lowest BCUT2D eigenvalue weighted by Gasteiger charge is -2.36. The Bertz CT molecular complexity index is 471. The Morgan fingerprint density at radius 1 is 1.29 bits per heavy atom. The number of ether oxygens (including phenoxy) is 1. The van der Waals surface area contributed by atoms with E-state index >= 15 is 0 Å². The van der Waals surface area contributed by atoms with Gasteiger partial charge in [-0.25, -0.2) is 0 Å². The Balaban J connectivity index is 2.98. The highest BCUT2D eigenvalue weighted by atomic mass is 35.5. The molecule has 0 fully saturated rings. The normalized spacial score (nSPS) is 13.4. The summed E-state index contributed by atoms with van der Waals surface area (Å²) in [4.78, 5) is 2.25. The molecule has 21 heavy (non-hydrogen) atoms. The quantitative estimate of drug-likeness (QED) is 0.747. The maximum atomic E-state index is 6.06. The first kappa shape index (κ1) is 18.1. The van der Waals surface area contributed by atoms with Gasteiger partial charge in [0, 0.05) is 17.1 Å². The van der Waals surface area contributed by atoms with Crippen LogP contribution < -0.4 is 10.1 Å². The van der Waals surface area contributed by atoms with Crippen LogP contribution in [-0.2, 0) is 0 Å². The van der Waals surface area contributed by atoms with Gasteiger partial charge in [0.25, 0.3) is 0 Å². The molecular formula is C16H25ClN2OS. The first-order valence-corrected chi connectivity index (χ1v) is 8.16. The predicted molar refractivity (Wildman–Crippen MR) is 95.6 cm³/mol. The van der Waals surface area contributed by atoms with Gasteiger partial charge >= 0.3 is 0 Å². The van der Waals surface area contributed by atoms with Gasteiger partial charge in [0.1, 0.15) is 5.75 Å². The fourth-order valence-corrected chi connectivity index (χ4v) is 2.83. The molecule has 0 radical (unpaired) electrons. The number of nitrogens with one attached hydrogen (secondary N) is 1. The van der Waals surface area contributed by atoms with Crippen LogP contribution in [-0.4, -0.2) is 29.2 Å². The molecule has 0 aromatic heterocycles. The van der Waals surface area contributed by atoms with Gasteiger partial charge in [0.15, 0.2) is 5.11 Å². The molecular weight excluding hydrogens is 304 g/mol. The number of methoxy groups -OCH3 is 1. The van der Waals surface area contributed by atoms with Crippen LogP contribution >= 0.6 is 23.8 Å². The van der Waals surface area contributed by atoms with E-state index in [1.807, 2.05) is 12.1 Å². The lowest BCUT2D eigenvalue weighted by Crippen LogP contribution is -2.46. The summed E-state index contributed by atoms with van der Waals surface area (Å²) < 4.78 is 5.36. The molecule has 0 aliphatic heterocycles. The maximum absolute atomic E-state index is 6.06. The number of hydrogen-bond acceptors (Lipinski definition) is 2. The molecule has 0 bridgehead atoms. The van der Waals surface area contributed by atoms with Crippen molar-refractivity contribution in [3.63, 3.8) is 0 Å². The van der Waals surface area contributed by atoms with Crippen LogP contribution in [0.4, 0.5) is 5.69 Å². The lowest BCUT2D eigenvalue weighted by molar-refractivity contribution is 0.254. The summed E-state index contributed by atoms with van der Waals surface area (Å²) in [6.07, 6.45) is 2.08. The Hall–Kier alpha value is -1.00. The third-order valence-electron chi connectivity index (χ3n) is 3.77. The molecule has 1 aromatic rings. The third kappa shape index (κ3) is 4.75. The van der Waals surface area contributed by atoms with Gasteiger partial charge in [-0.1, -0.05) is 25.4 Å². The molecule has 5 heteroatoms. The predicted octanol–water partition coefficient (Wildman–Crippen LogP) is 4.94. The summed E-state index contributed by atoms with van der Waals surface area (Å²) in [7, 11) is 1.64. The van der Waals surface area contributed by atoms with E-state index in [4.69, 9.17) is 28.6 Å². The van der Waals surface area contributed by atoms with Crippen LogP contribution in [0.2, 0.25) is 5.02 Å². The van der Waals surface area contributed by atoms with E-state index in [2.05, 4.69) is 37.9 Å². The van der Waals surface area contributed by atoms with Crippen molar-refractivity contribution in [1.82, 2.24) is 4.90 Å². The van der Waals surface area contributed by atoms with Gasteiger partial charge in [0.05, 0.1) is 12.8 Å². The summed E-state index contributed by atoms with van der Waals surface area (Å²) in [6, 6.07) is 6.23. The number of nitrogens with zero attached hydrogens (tertiary/aromatic N) is 1. The number of hydrogen-bond donors (Lipinski definition) is 1. The molecule has 1 rings (SSSR count). The SMILES string of the molecule is CCC(C)N(C(=S)Nc1cc(Cl)ccc1OC)C(C)CC. The molecule has 1 aromatic carbocycles. The number of rotatable bonds is 6. The molecule has 0 spiro atoms. The van der Waals surface area contributed by atoms with E-state index in [0.29, 0.717) is 22.2 Å². The largest absolute Gasteiger partial charge is 0.495 e. The molecule has 0 aliphatic carbocycles. The van der Waals surface area contributed by atoms with Crippen molar-refractivity contribution in [2.75, 3.05) is 12.4 Å². The number of anilines is 1. The van der Waals surface area contributed by atoms with Gasteiger partial charge in [-0.05, 0) is 57.1 Å². The summed E-state index contributed by atoms with van der Waals surface area (Å²) in [5.41, 5.74) is 0.798. The molecule has 1 N–H and O–H groups in total. The van der Waals surface area contributed by atoms with Crippen LogP contribution in [0.5, 0.6) is 5.75 Å². The van der Waals surface area contributed by atoms with Gasteiger partial charge < -0.3 is 15.0 Å². The fourth-order valence-electron chi connectivity index (χ4n) is 2.19. The molecule has 118 valence electrons. The minimum Gasteiger partial charge on any atom is -0.495 e. The number of halogens is 1. The zero-order valence-corrected chi connectivity index (χ0v) is 15.0. The molecule has 0 amide bonds. The van der Waals surface area contributed by atoms with Crippen molar-refractivity contribution in [1.29, 1.82) is 0 Å². The highest BCUT2D eigenvalue weighted by Crippen LogP contribution is 2.28. The number of thiocarbonyl (C=S) groups is 1. The Labute approximate surface area is 138 Å². The molecule has 0 saturated heterocycles. The van der Waals surface area contributed by atoms with Crippen molar-refractivity contribution in [2.45, 2.75) is 52.6 Å². The Kier molecular flexibility index (Phi) is 7.26. The van der Waals surface area contributed by atoms with E-state index in [9.17, 15) is 0 Å². The van der Waals surface area contributed by atoms with Crippen LogP contribution in [0.25, 0.3) is 0 Å². The van der Waals surface area contributed by atoms with Gasteiger partial charge in [-0.2, -0.15) is 0 Å². The van der Waals surface area contributed by atoms with Crippen LogP contribution in [0.3, 0.4) is 0 Å². The summed E-state index contributed by atoms with van der Waals surface area (Å²) in [5.74, 6) is 0.731. The monoisotopic (exact) mass is 328 g/mol. The standard InChI is InChI=1S/C16H25ClN2OS/c1-6-11(3)19(12(4)7-2)16(21)18-14-10-13(17)8-9-15(14)20-5/h8-12H,6-7H2,1-5H3,(H,18,21). The van der Waals surface area contributed by atoms with Crippen molar-refractivity contribution < 1.29 is 4.74 Å². The molecule has 0 aliphatic rings. The molecule has 2 unspecified atom stereocenters. The van der Waals surface area contributed by atoms with Crippen LogP contribution in [0.1, 0.15) is 40.5 Å². The smallest absolute Gasteiger partial charge is 0.174 e. The second-order valence-electron chi connectivity index (χ2n) is 5.20. The van der Waals surface area contributed by atoms with E-state index in [1.54, 1.807) is 13.2 Å². The van der Waals surface area contributed by atoms with Crippen molar-refractivity contribution in [2.24, 2.45) is 0 Å². The third-order valence-corrected chi connectivity index (χ3v) is 4.32. The molecule has 0 heterocycles. The zero-order chi connectivity index (χ0) is 16.0. The molecule has 0 saturated carbocycles. The average molecular weight is 329 g/mol. The average Bonchev–Trinajstić information content (AvgIpc) is 2.47. The molecule has 2 atom stereocenters. The maximum Gasteiger partial charge on any atom is 0.174 e. The van der Waals surface area contributed by atoms with Gasteiger partial charge in [0.2, 0.25) is 0 Å². The highest BCUT2D eigenvalue weighted by Gasteiger charge is 2.21. The van der Waals surface area contributed by atoms with Crippen molar-refractivity contribution >= 4 is 34.6 Å². The highest BCUT2D eigenvalue weighted by molar-refractivity contribution is 7.80. The first-order chi connectivity index (χ1) is 9.94. The zero-order valence-electron chi connectivity index (χ0n) is 13.4. The lowest BCUT2D eigenvalue weighted by atomic mass is 10.1. The Morgan fingerprint density at radius 2 is 1.86 bits per heavy atom. The molecule has 3 nitrogen and oxygen atoms in total. The van der Waals surface area contributed by atoms with E-state index < -0.39 is 0 Å². The van der Waals surface area contributed by atoms with Crippen molar-refractivity contribution in [3.05, 3.63) is 23.2 Å². The second-order valence-corrected chi connectivity index (χ2v) is 6.02.